The van der Waals surface area contributed by atoms with E-state index in [-0.39, 0.29) is 11.5 Å². The summed E-state index contributed by atoms with van der Waals surface area (Å²) in [4.78, 5) is 0. The second kappa shape index (κ2) is 9.19. The first-order valence-electron chi connectivity index (χ1n) is 9.93. The molecule has 2 aromatic carbocycles. The summed E-state index contributed by atoms with van der Waals surface area (Å²) in [6.45, 7) is 10.5. The molecule has 1 aromatic heterocycles. The summed E-state index contributed by atoms with van der Waals surface area (Å²) >= 11 is 18.7. The van der Waals surface area contributed by atoms with E-state index in [2.05, 4.69) is 47.7 Å². The maximum atomic E-state index is 6.36. The molecule has 0 amide bonds. The SMILES string of the molecule is CC(C)(Nc1ccccc1Cl)c1nnnn1[C@H](/C=C\c1ccc(Cl)cc1Cl)C(C)(C)C. The zero-order valence-corrected chi connectivity index (χ0v) is 20.5. The number of para-hydroxylation sites is 1. The van der Waals surface area contributed by atoms with Gasteiger partial charge in [0.2, 0.25) is 0 Å². The predicted molar refractivity (Wildman–Crippen MR) is 130 cm³/mol. The average Bonchev–Trinajstić information content (AvgIpc) is 3.14. The molecule has 1 N–H and O–H groups in total. The van der Waals surface area contributed by atoms with Crippen molar-refractivity contribution in [1.29, 1.82) is 0 Å². The zero-order valence-electron chi connectivity index (χ0n) is 18.2. The van der Waals surface area contributed by atoms with Gasteiger partial charge >= 0.3 is 0 Å². The van der Waals surface area contributed by atoms with Gasteiger partial charge in [0.1, 0.15) is 0 Å². The summed E-state index contributed by atoms with van der Waals surface area (Å²) in [5, 5.41) is 18.0. The number of allylic oxidation sites excluding steroid dienone is 1. The highest BCUT2D eigenvalue weighted by Gasteiger charge is 2.34. The van der Waals surface area contributed by atoms with Gasteiger partial charge in [0.05, 0.1) is 22.3 Å². The lowest BCUT2D eigenvalue weighted by atomic mass is 9.85. The van der Waals surface area contributed by atoms with Gasteiger partial charge < -0.3 is 5.32 Å². The zero-order chi connectivity index (χ0) is 22.8. The molecule has 1 heterocycles. The van der Waals surface area contributed by atoms with E-state index in [9.17, 15) is 0 Å². The standard InChI is InChI=1S/C23H26Cl3N5/c1-22(2,3)20(13-11-15-10-12-16(24)14-18(15)26)31-21(28-29-30-31)23(4,5)27-19-9-7-6-8-17(19)25/h6-14,20,27H,1-5H3/b13-11-/t20-/m1/s1. The number of anilines is 1. The molecule has 0 spiro atoms. The topological polar surface area (TPSA) is 55.6 Å². The van der Waals surface area contributed by atoms with Crippen molar-refractivity contribution in [2.45, 2.75) is 46.2 Å². The van der Waals surface area contributed by atoms with Gasteiger partial charge in [-0.05, 0) is 59.5 Å². The van der Waals surface area contributed by atoms with Crippen molar-refractivity contribution in [2.24, 2.45) is 5.41 Å². The number of hydrogen-bond donors (Lipinski definition) is 1. The van der Waals surface area contributed by atoms with Gasteiger partial charge in [0, 0.05) is 10.0 Å². The normalized spacial score (nSPS) is 13.5. The molecule has 0 bridgehead atoms. The second-order valence-electron chi connectivity index (χ2n) is 9.01. The van der Waals surface area contributed by atoms with Crippen molar-refractivity contribution in [3.8, 4) is 0 Å². The Morgan fingerprint density at radius 2 is 1.68 bits per heavy atom. The Balaban J connectivity index is 1.98. The summed E-state index contributed by atoms with van der Waals surface area (Å²) in [6, 6.07) is 12.9. The van der Waals surface area contributed by atoms with Gasteiger partial charge in [-0.15, -0.1) is 5.10 Å². The Morgan fingerprint density at radius 3 is 2.32 bits per heavy atom. The lowest BCUT2D eigenvalue weighted by molar-refractivity contribution is 0.258. The van der Waals surface area contributed by atoms with Gasteiger partial charge in [-0.3, -0.25) is 0 Å². The van der Waals surface area contributed by atoms with Crippen molar-refractivity contribution in [2.75, 3.05) is 5.32 Å². The molecule has 3 rings (SSSR count). The maximum Gasteiger partial charge on any atom is 0.176 e. The molecule has 8 heteroatoms. The van der Waals surface area contributed by atoms with Crippen molar-refractivity contribution < 1.29 is 0 Å². The molecule has 5 nitrogen and oxygen atoms in total. The Kier molecular flexibility index (Phi) is 6.99. The van der Waals surface area contributed by atoms with E-state index < -0.39 is 5.54 Å². The minimum absolute atomic E-state index is 0.128. The molecule has 164 valence electrons. The second-order valence-corrected chi connectivity index (χ2v) is 10.3. The molecule has 31 heavy (non-hydrogen) atoms. The molecule has 0 saturated carbocycles. The highest BCUT2D eigenvalue weighted by Crippen LogP contribution is 2.36. The van der Waals surface area contributed by atoms with Gasteiger partial charge in [0.25, 0.3) is 0 Å². The van der Waals surface area contributed by atoms with Crippen LogP contribution in [0.5, 0.6) is 0 Å². The van der Waals surface area contributed by atoms with Gasteiger partial charge in [-0.2, -0.15) is 0 Å². The van der Waals surface area contributed by atoms with Gasteiger partial charge in [-0.1, -0.05) is 85.9 Å². The fraction of sp³-hybridized carbons (Fsp3) is 0.348. The number of aromatic nitrogens is 4. The summed E-state index contributed by atoms with van der Waals surface area (Å²) in [5.74, 6) is 0.694. The number of nitrogens with zero attached hydrogens (tertiary/aromatic N) is 4. The third-order valence-corrected chi connectivity index (χ3v) is 5.84. The number of halogens is 3. The molecular weight excluding hydrogens is 453 g/mol. The molecule has 3 aromatic rings. The highest BCUT2D eigenvalue weighted by atomic mass is 35.5. The van der Waals surface area contributed by atoms with Crippen LogP contribution in [0.15, 0.2) is 48.5 Å². The van der Waals surface area contributed by atoms with Crippen LogP contribution in [0.3, 0.4) is 0 Å². The average molecular weight is 479 g/mol. The summed E-state index contributed by atoms with van der Waals surface area (Å²) in [5.41, 5.74) is 0.951. The molecule has 0 aliphatic carbocycles. The van der Waals surface area contributed by atoms with Crippen LogP contribution in [-0.4, -0.2) is 20.2 Å². The van der Waals surface area contributed by atoms with Crippen molar-refractivity contribution in [1.82, 2.24) is 20.2 Å². The first-order valence-corrected chi connectivity index (χ1v) is 11.1. The molecule has 1 atom stereocenters. The molecule has 0 radical (unpaired) electrons. The van der Waals surface area contributed by atoms with E-state index in [1.807, 2.05) is 61.0 Å². The number of hydrogen-bond acceptors (Lipinski definition) is 4. The van der Waals surface area contributed by atoms with Crippen molar-refractivity contribution in [3.63, 3.8) is 0 Å². The minimum Gasteiger partial charge on any atom is -0.372 e. The fourth-order valence-electron chi connectivity index (χ4n) is 3.32. The number of tetrazole rings is 1. The van der Waals surface area contributed by atoms with Crippen LogP contribution in [-0.2, 0) is 5.54 Å². The van der Waals surface area contributed by atoms with Crippen LogP contribution in [0.25, 0.3) is 6.08 Å². The summed E-state index contributed by atoms with van der Waals surface area (Å²) in [7, 11) is 0. The number of rotatable bonds is 6. The first-order chi connectivity index (χ1) is 14.5. The van der Waals surface area contributed by atoms with Crippen molar-refractivity contribution in [3.05, 3.63) is 75.0 Å². The largest absolute Gasteiger partial charge is 0.372 e. The fourth-order valence-corrected chi connectivity index (χ4v) is 3.97. The van der Waals surface area contributed by atoms with Gasteiger partial charge in [-0.25, -0.2) is 4.68 Å². The van der Waals surface area contributed by atoms with Crippen LogP contribution >= 0.6 is 34.8 Å². The first kappa shape index (κ1) is 23.6. The number of benzene rings is 2. The van der Waals surface area contributed by atoms with E-state index >= 15 is 0 Å². The summed E-state index contributed by atoms with van der Waals surface area (Å²) < 4.78 is 1.85. The maximum absolute atomic E-state index is 6.36. The molecular formula is C23H26Cl3N5. The highest BCUT2D eigenvalue weighted by molar-refractivity contribution is 6.35. The van der Waals surface area contributed by atoms with Crippen LogP contribution in [0.2, 0.25) is 15.1 Å². The lowest BCUT2D eigenvalue weighted by Crippen LogP contribution is -2.35. The van der Waals surface area contributed by atoms with Crippen LogP contribution < -0.4 is 5.32 Å². The molecule has 0 aliphatic rings. The Morgan fingerprint density at radius 1 is 0.968 bits per heavy atom. The van der Waals surface area contributed by atoms with Gasteiger partial charge in [0.15, 0.2) is 5.82 Å². The molecule has 0 aliphatic heterocycles. The predicted octanol–water partition coefficient (Wildman–Crippen LogP) is 7.28. The van der Waals surface area contributed by atoms with E-state index in [0.29, 0.717) is 20.9 Å². The quantitative estimate of drug-likeness (QED) is 0.404. The molecule has 0 fully saturated rings. The Labute approximate surface area is 198 Å². The van der Waals surface area contributed by atoms with E-state index in [1.165, 1.54) is 0 Å². The third kappa shape index (κ3) is 5.59. The van der Waals surface area contributed by atoms with Crippen molar-refractivity contribution >= 4 is 46.6 Å². The molecule has 0 unspecified atom stereocenters. The van der Waals surface area contributed by atoms with E-state index in [0.717, 1.165) is 11.3 Å². The minimum atomic E-state index is -0.580. The Bertz CT molecular complexity index is 1080. The third-order valence-electron chi connectivity index (χ3n) is 4.94. The monoisotopic (exact) mass is 477 g/mol. The van der Waals surface area contributed by atoms with E-state index in [1.54, 1.807) is 6.07 Å². The smallest absolute Gasteiger partial charge is 0.176 e. The lowest BCUT2D eigenvalue weighted by Gasteiger charge is -2.33. The van der Waals surface area contributed by atoms with Crippen LogP contribution in [0, 0.1) is 5.41 Å². The summed E-state index contributed by atoms with van der Waals surface area (Å²) in [6.07, 6.45) is 4.05. The Hall–Kier alpha value is -2.08. The number of nitrogens with one attached hydrogen (secondary N) is 1. The van der Waals surface area contributed by atoms with E-state index in [4.69, 9.17) is 34.8 Å². The van der Waals surface area contributed by atoms with Crippen LogP contribution in [0.1, 0.15) is 52.0 Å². The van der Waals surface area contributed by atoms with Crippen LogP contribution in [0.4, 0.5) is 5.69 Å². The molecule has 0 saturated heterocycles.